The highest BCUT2D eigenvalue weighted by atomic mass is 32.1. The van der Waals surface area contributed by atoms with Crippen LogP contribution in [-0.2, 0) is 0 Å². The second-order valence-electron chi connectivity index (χ2n) is 2.09. The Hall–Kier alpha value is -1.34. The zero-order valence-electron chi connectivity index (χ0n) is 6.52. The number of rotatable bonds is 0. The third-order valence-electron chi connectivity index (χ3n) is 1.13. The number of hydrogen-bond donors (Lipinski definition) is 3. The maximum Gasteiger partial charge on any atom is 0.283 e. The third-order valence-corrected chi connectivity index (χ3v) is 1.49. The number of phenols is 1. The fourth-order valence-corrected chi connectivity index (χ4v) is 0.912. The highest BCUT2D eigenvalue weighted by molar-refractivity contribution is 7.80. The molecule has 1 aromatic rings. The van der Waals surface area contributed by atoms with Crippen LogP contribution in [0, 0.1) is 18.4 Å². The number of benzene rings is 1. The zero-order chi connectivity index (χ0) is 9.56. The van der Waals surface area contributed by atoms with Crippen molar-refractivity contribution in [1.29, 1.82) is 5.26 Å². The van der Waals surface area contributed by atoms with Crippen LogP contribution in [0.5, 0.6) is 5.75 Å². The van der Waals surface area contributed by atoms with Crippen LogP contribution >= 0.6 is 12.6 Å². The number of nitrogens with zero attached hydrogens (tertiary/aromatic N) is 1. The third kappa shape index (κ3) is 3.74. The molecule has 0 saturated heterocycles. The number of phenolic OH excluding ortho intramolecular Hbond substituents is 1. The number of thiol groups is 1. The Morgan fingerprint density at radius 2 is 2.00 bits per heavy atom. The van der Waals surface area contributed by atoms with Crippen LogP contribution in [0.2, 0.25) is 0 Å². The zero-order valence-corrected chi connectivity index (χ0v) is 7.42. The van der Waals surface area contributed by atoms with Crippen molar-refractivity contribution in [2.24, 2.45) is 0 Å². The van der Waals surface area contributed by atoms with Gasteiger partial charge in [0.25, 0.3) is 6.26 Å². The Kier molecular flexibility index (Phi) is 4.73. The molecular weight excluding hydrogens is 174 g/mol. The molecule has 0 fully saturated rings. The molecule has 1 aromatic carbocycles. The van der Waals surface area contributed by atoms with Crippen molar-refractivity contribution in [2.75, 3.05) is 0 Å². The Labute approximate surface area is 76.3 Å². The lowest BCUT2D eigenvalue weighted by molar-refractivity contribution is 0.462. The van der Waals surface area contributed by atoms with E-state index in [9.17, 15) is 0 Å². The number of hydrogen-bond acceptors (Lipinski definition) is 4. The number of aryl methyl sites for hydroxylation is 1. The predicted octanol–water partition coefficient (Wildman–Crippen LogP) is 1.83. The van der Waals surface area contributed by atoms with E-state index in [0.29, 0.717) is 4.90 Å². The molecule has 0 spiro atoms. The number of aliphatic hydroxyl groups excluding tert-OH is 1. The normalized spacial score (nSPS) is 7.75. The lowest BCUT2D eigenvalue weighted by atomic mass is 10.2. The molecule has 3 nitrogen and oxygen atoms in total. The Morgan fingerprint density at radius 1 is 1.50 bits per heavy atom. The minimum absolute atomic E-state index is 0.240. The van der Waals surface area contributed by atoms with E-state index >= 15 is 0 Å². The predicted molar refractivity (Wildman–Crippen MR) is 47.6 cm³/mol. The van der Waals surface area contributed by atoms with Gasteiger partial charge in [0.1, 0.15) is 5.75 Å². The summed E-state index contributed by atoms with van der Waals surface area (Å²) < 4.78 is 0. The van der Waals surface area contributed by atoms with Crippen LogP contribution in [0.25, 0.3) is 0 Å². The summed E-state index contributed by atoms with van der Waals surface area (Å²) in [5, 5.41) is 22.7. The minimum atomic E-state index is 0.240. The first-order valence-corrected chi connectivity index (χ1v) is 3.58. The Morgan fingerprint density at radius 3 is 2.33 bits per heavy atom. The maximum absolute atomic E-state index is 8.97. The van der Waals surface area contributed by atoms with E-state index in [-0.39, 0.29) is 5.75 Å². The van der Waals surface area contributed by atoms with Crippen molar-refractivity contribution < 1.29 is 10.2 Å². The molecular formula is C8H9NO2S. The van der Waals surface area contributed by atoms with Crippen LogP contribution in [0.1, 0.15) is 5.56 Å². The molecule has 0 amide bonds. The Balaban J connectivity index is 0.000000354. The molecule has 0 aliphatic rings. The fourth-order valence-electron chi connectivity index (χ4n) is 0.633. The van der Waals surface area contributed by atoms with Crippen LogP contribution in [0.3, 0.4) is 0 Å². The summed E-state index contributed by atoms with van der Waals surface area (Å²) in [6.45, 7) is 1.96. The monoisotopic (exact) mass is 183 g/mol. The van der Waals surface area contributed by atoms with Crippen molar-refractivity contribution in [3.63, 3.8) is 0 Å². The quantitative estimate of drug-likeness (QED) is 0.424. The second kappa shape index (κ2) is 5.33. The van der Waals surface area contributed by atoms with Crippen molar-refractivity contribution >= 4 is 12.6 Å². The number of aliphatic hydroxyl groups is 1. The largest absolute Gasteiger partial charge is 0.507 e. The van der Waals surface area contributed by atoms with Crippen molar-refractivity contribution in [3.8, 4) is 12.0 Å². The van der Waals surface area contributed by atoms with Gasteiger partial charge in [0, 0.05) is 4.90 Å². The van der Waals surface area contributed by atoms with E-state index in [4.69, 9.17) is 15.5 Å². The van der Waals surface area contributed by atoms with Gasteiger partial charge in [0.15, 0.2) is 0 Å². The molecule has 4 heteroatoms. The summed E-state index contributed by atoms with van der Waals surface area (Å²) in [7, 11) is 0. The molecule has 0 aliphatic carbocycles. The smallest absolute Gasteiger partial charge is 0.283 e. The molecule has 12 heavy (non-hydrogen) atoms. The highest BCUT2D eigenvalue weighted by Gasteiger charge is 1.92. The first-order valence-electron chi connectivity index (χ1n) is 3.13. The Bertz CT molecular complexity index is 294. The SMILES string of the molecule is Cc1ccc(O)c(S)c1.N#CO. The molecule has 0 saturated carbocycles. The maximum atomic E-state index is 8.97. The van der Waals surface area contributed by atoms with Crippen LogP contribution in [0.15, 0.2) is 23.1 Å². The lowest BCUT2D eigenvalue weighted by Crippen LogP contribution is -1.71. The van der Waals surface area contributed by atoms with Crippen LogP contribution < -0.4 is 0 Å². The summed E-state index contributed by atoms with van der Waals surface area (Å²) in [6, 6.07) is 5.30. The van der Waals surface area contributed by atoms with Gasteiger partial charge >= 0.3 is 0 Å². The minimum Gasteiger partial charge on any atom is -0.507 e. The summed E-state index contributed by atoms with van der Waals surface area (Å²) in [4.78, 5) is 0.634. The van der Waals surface area contributed by atoms with Crippen LogP contribution in [-0.4, -0.2) is 10.2 Å². The summed E-state index contributed by atoms with van der Waals surface area (Å²) in [6.07, 6.45) is 0.750. The van der Waals surface area contributed by atoms with E-state index in [0.717, 1.165) is 11.8 Å². The highest BCUT2D eigenvalue weighted by Crippen LogP contribution is 2.20. The van der Waals surface area contributed by atoms with Gasteiger partial charge in [0.2, 0.25) is 0 Å². The van der Waals surface area contributed by atoms with Crippen molar-refractivity contribution in [2.45, 2.75) is 11.8 Å². The van der Waals surface area contributed by atoms with E-state index in [2.05, 4.69) is 12.6 Å². The molecule has 0 atom stereocenters. The summed E-state index contributed by atoms with van der Waals surface area (Å²) in [5.41, 5.74) is 1.11. The summed E-state index contributed by atoms with van der Waals surface area (Å²) in [5.74, 6) is 0.240. The van der Waals surface area contributed by atoms with E-state index in [1.807, 2.05) is 19.1 Å². The van der Waals surface area contributed by atoms with E-state index in [1.165, 1.54) is 0 Å². The van der Waals surface area contributed by atoms with Gasteiger partial charge in [-0.3, -0.25) is 0 Å². The standard InChI is InChI=1S/C7H8OS.CHNO/c1-5-2-3-6(8)7(9)4-5;2-1-3/h2-4,8-9H,1H3;3H. The first-order chi connectivity index (χ1) is 5.61. The topological polar surface area (TPSA) is 64.2 Å². The van der Waals surface area contributed by atoms with Gasteiger partial charge in [-0.2, -0.15) is 5.26 Å². The number of nitriles is 1. The van der Waals surface area contributed by atoms with Gasteiger partial charge in [-0.25, -0.2) is 0 Å². The summed E-state index contributed by atoms with van der Waals surface area (Å²) >= 11 is 4.02. The lowest BCUT2D eigenvalue weighted by Gasteiger charge is -1.96. The van der Waals surface area contributed by atoms with E-state index in [1.54, 1.807) is 6.07 Å². The van der Waals surface area contributed by atoms with E-state index < -0.39 is 0 Å². The molecule has 0 radical (unpaired) electrons. The molecule has 0 bridgehead atoms. The van der Waals surface area contributed by atoms with Gasteiger partial charge in [-0.1, -0.05) is 6.07 Å². The average molecular weight is 183 g/mol. The molecule has 0 unspecified atom stereocenters. The van der Waals surface area contributed by atoms with Gasteiger partial charge < -0.3 is 10.2 Å². The van der Waals surface area contributed by atoms with Gasteiger partial charge in [0.05, 0.1) is 0 Å². The van der Waals surface area contributed by atoms with Crippen molar-refractivity contribution in [3.05, 3.63) is 23.8 Å². The molecule has 0 aromatic heterocycles. The molecule has 1 rings (SSSR count). The number of aromatic hydroxyl groups is 1. The van der Waals surface area contributed by atoms with Crippen molar-refractivity contribution in [1.82, 2.24) is 0 Å². The molecule has 64 valence electrons. The van der Waals surface area contributed by atoms with Gasteiger partial charge in [-0.15, -0.1) is 12.6 Å². The fraction of sp³-hybridized carbons (Fsp3) is 0.125. The molecule has 2 N–H and O–H groups in total. The molecule has 0 heterocycles. The molecule has 0 aliphatic heterocycles. The first kappa shape index (κ1) is 10.7. The average Bonchev–Trinajstić information content (AvgIpc) is 1.99. The second-order valence-corrected chi connectivity index (χ2v) is 2.57. The van der Waals surface area contributed by atoms with Crippen LogP contribution in [0.4, 0.5) is 0 Å². The van der Waals surface area contributed by atoms with Gasteiger partial charge in [-0.05, 0) is 24.6 Å².